The van der Waals surface area contributed by atoms with Gasteiger partial charge in [-0.15, -0.1) is 0 Å². The van der Waals surface area contributed by atoms with Gasteiger partial charge in [0.1, 0.15) is 0 Å². The predicted octanol–water partition coefficient (Wildman–Crippen LogP) is 2.23. The number of amides is 1. The summed E-state index contributed by atoms with van der Waals surface area (Å²) in [4.78, 5) is 12.1. The van der Waals surface area contributed by atoms with Crippen LogP contribution >= 0.6 is 0 Å². The van der Waals surface area contributed by atoms with Crippen LogP contribution in [0, 0.1) is 0 Å². The van der Waals surface area contributed by atoms with Crippen molar-refractivity contribution < 1.29 is 14.3 Å². The van der Waals surface area contributed by atoms with Gasteiger partial charge < -0.3 is 20.5 Å². The average molecular weight is 294 g/mol. The molecule has 1 amide bonds. The Bertz CT molecular complexity index is 473. The number of nitrogens with two attached hydrogens (primary N) is 1. The molecule has 0 bridgehead atoms. The Morgan fingerprint density at radius 2 is 2.05 bits per heavy atom. The predicted molar refractivity (Wildman–Crippen MR) is 83.5 cm³/mol. The Kier molecular flexibility index (Phi) is 6.49. The molecule has 1 aromatic carbocycles. The zero-order valence-electron chi connectivity index (χ0n) is 13.4. The van der Waals surface area contributed by atoms with E-state index in [1.807, 2.05) is 32.0 Å². The quantitative estimate of drug-likeness (QED) is 0.771. The first kappa shape index (κ1) is 17.3. The summed E-state index contributed by atoms with van der Waals surface area (Å²) in [7, 11) is 1.60. The van der Waals surface area contributed by atoms with Gasteiger partial charge in [0.2, 0.25) is 5.91 Å². The van der Waals surface area contributed by atoms with Gasteiger partial charge in [-0.25, -0.2) is 0 Å². The lowest BCUT2D eigenvalue weighted by Crippen LogP contribution is -2.51. The van der Waals surface area contributed by atoms with E-state index in [0.717, 1.165) is 12.0 Å². The Hall–Kier alpha value is -1.75. The Balaban J connectivity index is 2.69. The summed E-state index contributed by atoms with van der Waals surface area (Å²) in [6.07, 6.45) is 1.53. The van der Waals surface area contributed by atoms with Crippen molar-refractivity contribution in [2.24, 2.45) is 5.73 Å². The van der Waals surface area contributed by atoms with Crippen LogP contribution in [0.2, 0.25) is 0 Å². The molecule has 1 unspecified atom stereocenters. The van der Waals surface area contributed by atoms with Crippen LogP contribution in [0.5, 0.6) is 11.5 Å². The van der Waals surface area contributed by atoms with E-state index in [1.54, 1.807) is 14.0 Å². The number of benzene rings is 1. The van der Waals surface area contributed by atoms with E-state index in [1.165, 1.54) is 0 Å². The lowest BCUT2D eigenvalue weighted by Gasteiger charge is -2.23. The maximum absolute atomic E-state index is 12.1. The molecule has 5 nitrogen and oxygen atoms in total. The van der Waals surface area contributed by atoms with E-state index in [4.69, 9.17) is 15.2 Å². The van der Waals surface area contributed by atoms with E-state index in [9.17, 15) is 4.79 Å². The molecule has 0 aromatic heterocycles. The second-order valence-corrected chi connectivity index (χ2v) is 5.27. The zero-order valence-corrected chi connectivity index (χ0v) is 13.4. The molecule has 0 fully saturated rings. The maximum Gasteiger partial charge on any atom is 0.240 e. The monoisotopic (exact) mass is 294 g/mol. The third-order valence-corrected chi connectivity index (χ3v) is 3.27. The SMILES string of the molecule is CCCC(C)(N)C(=O)NCc1ccc(OCC)c(OC)c1. The van der Waals surface area contributed by atoms with Crippen LogP contribution in [-0.2, 0) is 11.3 Å². The van der Waals surface area contributed by atoms with Gasteiger partial charge in [0, 0.05) is 6.54 Å². The minimum atomic E-state index is -0.829. The van der Waals surface area contributed by atoms with Crippen molar-refractivity contribution in [2.45, 2.75) is 45.7 Å². The van der Waals surface area contributed by atoms with Crippen LogP contribution in [-0.4, -0.2) is 25.2 Å². The Labute approximate surface area is 126 Å². The van der Waals surface area contributed by atoms with E-state index in [2.05, 4.69) is 5.32 Å². The van der Waals surface area contributed by atoms with Gasteiger partial charge >= 0.3 is 0 Å². The number of nitrogens with one attached hydrogen (secondary N) is 1. The highest BCUT2D eigenvalue weighted by atomic mass is 16.5. The first-order chi connectivity index (χ1) is 9.94. The van der Waals surface area contributed by atoms with Crippen LogP contribution in [0.1, 0.15) is 39.2 Å². The molecule has 0 aliphatic heterocycles. The zero-order chi connectivity index (χ0) is 15.9. The first-order valence-electron chi connectivity index (χ1n) is 7.31. The number of carbonyl (C=O) groups excluding carboxylic acids is 1. The minimum absolute atomic E-state index is 0.141. The van der Waals surface area contributed by atoms with Gasteiger partial charge in [-0.3, -0.25) is 4.79 Å². The van der Waals surface area contributed by atoms with E-state index >= 15 is 0 Å². The lowest BCUT2D eigenvalue weighted by atomic mass is 9.96. The normalized spacial score (nSPS) is 13.4. The molecule has 0 radical (unpaired) electrons. The van der Waals surface area contributed by atoms with E-state index in [-0.39, 0.29) is 5.91 Å². The Morgan fingerprint density at radius 3 is 2.62 bits per heavy atom. The van der Waals surface area contributed by atoms with Gasteiger partial charge in [0.25, 0.3) is 0 Å². The van der Waals surface area contributed by atoms with Gasteiger partial charge in [-0.2, -0.15) is 0 Å². The molecule has 0 saturated heterocycles. The van der Waals surface area contributed by atoms with Gasteiger partial charge in [0.05, 0.1) is 19.3 Å². The molecule has 3 N–H and O–H groups in total. The fourth-order valence-electron chi connectivity index (χ4n) is 2.11. The van der Waals surface area contributed by atoms with Crippen LogP contribution in [0.25, 0.3) is 0 Å². The third kappa shape index (κ3) is 4.93. The maximum atomic E-state index is 12.1. The highest BCUT2D eigenvalue weighted by Gasteiger charge is 2.26. The van der Waals surface area contributed by atoms with Gasteiger partial charge in [-0.1, -0.05) is 19.4 Å². The smallest absolute Gasteiger partial charge is 0.240 e. The van der Waals surface area contributed by atoms with Crippen LogP contribution < -0.4 is 20.5 Å². The fourth-order valence-corrected chi connectivity index (χ4v) is 2.11. The highest BCUT2D eigenvalue weighted by Crippen LogP contribution is 2.28. The fraction of sp³-hybridized carbons (Fsp3) is 0.562. The molecule has 0 saturated carbocycles. The van der Waals surface area contributed by atoms with Crippen molar-refractivity contribution in [3.63, 3.8) is 0 Å². The second-order valence-electron chi connectivity index (χ2n) is 5.27. The van der Waals surface area contributed by atoms with Crippen molar-refractivity contribution in [1.29, 1.82) is 0 Å². The number of hydrogen-bond donors (Lipinski definition) is 2. The molecule has 0 spiro atoms. The Morgan fingerprint density at radius 1 is 1.33 bits per heavy atom. The standard InChI is InChI=1S/C16H26N2O3/c1-5-9-16(3,17)15(19)18-11-12-7-8-13(21-6-2)14(10-12)20-4/h7-8,10H,5-6,9,11,17H2,1-4H3,(H,18,19). The van der Waals surface area contributed by atoms with E-state index in [0.29, 0.717) is 31.1 Å². The van der Waals surface area contributed by atoms with Gasteiger partial charge in [0.15, 0.2) is 11.5 Å². The molecule has 0 aliphatic rings. The summed E-state index contributed by atoms with van der Waals surface area (Å²) in [5.74, 6) is 1.22. The van der Waals surface area contributed by atoms with Crippen LogP contribution in [0.15, 0.2) is 18.2 Å². The second kappa shape index (κ2) is 7.88. The minimum Gasteiger partial charge on any atom is -0.493 e. The molecule has 0 aliphatic carbocycles. The number of hydrogen-bond acceptors (Lipinski definition) is 4. The van der Waals surface area contributed by atoms with E-state index < -0.39 is 5.54 Å². The summed E-state index contributed by atoms with van der Waals surface area (Å²) in [5.41, 5.74) is 6.11. The van der Waals surface area contributed by atoms with Crippen molar-refractivity contribution in [3.8, 4) is 11.5 Å². The highest BCUT2D eigenvalue weighted by molar-refractivity contribution is 5.85. The number of carbonyl (C=O) groups is 1. The lowest BCUT2D eigenvalue weighted by molar-refractivity contribution is -0.126. The summed E-state index contributed by atoms with van der Waals surface area (Å²) < 4.78 is 10.8. The topological polar surface area (TPSA) is 73.6 Å². The summed E-state index contributed by atoms with van der Waals surface area (Å²) >= 11 is 0. The van der Waals surface area contributed by atoms with Crippen molar-refractivity contribution >= 4 is 5.91 Å². The summed E-state index contributed by atoms with van der Waals surface area (Å²) in [5, 5.41) is 2.87. The molecular weight excluding hydrogens is 268 g/mol. The van der Waals surface area contributed by atoms with Crippen molar-refractivity contribution in [3.05, 3.63) is 23.8 Å². The number of ether oxygens (including phenoxy) is 2. The van der Waals surface area contributed by atoms with Crippen LogP contribution in [0.4, 0.5) is 0 Å². The van der Waals surface area contributed by atoms with Crippen molar-refractivity contribution in [1.82, 2.24) is 5.32 Å². The summed E-state index contributed by atoms with van der Waals surface area (Å²) in [6, 6.07) is 5.61. The average Bonchev–Trinajstić information content (AvgIpc) is 2.45. The molecule has 1 atom stereocenters. The molecule has 5 heteroatoms. The van der Waals surface area contributed by atoms with Gasteiger partial charge in [-0.05, 0) is 38.0 Å². The van der Waals surface area contributed by atoms with Crippen LogP contribution in [0.3, 0.4) is 0 Å². The number of methoxy groups -OCH3 is 1. The number of rotatable bonds is 8. The largest absolute Gasteiger partial charge is 0.493 e. The molecule has 118 valence electrons. The molecule has 1 rings (SSSR count). The first-order valence-corrected chi connectivity index (χ1v) is 7.31. The third-order valence-electron chi connectivity index (χ3n) is 3.27. The summed E-state index contributed by atoms with van der Waals surface area (Å²) in [6.45, 7) is 6.68. The van der Waals surface area contributed by atoms with Crippen molar-refractivity contribution in [2.75, 3.05) is 13.7 Å². The molecular formula is C16H26N2O3. The molecule has 1 aromatic rings. The molecule has 0 heterocycles. The molecule has 21 heavy (non-hydrogen) atoms.